The van der Waals surface area contributed by atoms with Crippen LogP contribution in [0.25, 0.3) is 11.4 Å². The molecule has 0 saturated heterocycles. The van der Waals surface area contributed by atoms with E-state index in [1.807, 2.05) is 4.74 Å². The second-order valence-electron chi connectivity index (χ2n) is 9.59. The first-order chi connectivity index (χ1) is 21.1. The Kier molecular flexibility index (Phi) is 12.9. The number of alkyl halides is 14. The maximum atomic E-state index is 14.0. The van der Waals surface area contributed by atoms with Gasteiger partial charge in [-0.15, -0.1) is 0 Å². The molecule has 0 fully saturated rings. The van der Waals surface area contributed by atoms with Gasteiger partial charge >= 0.3 is 36.2 Å². The van der Waals surface area contributed by atoms with E-state index >= 15 is 0 Å². The summed E-state index contributed by atoms with van der Waals surface area (Å²) < 4.78 is 199. The van der Waals surface area contributed by atoms with E-state index in [4.69, 9.17) is 9.47 Å². The number of ether oxygens (including phenoxy) is 4. The normalized spacial score (nSPS) is 14.3. The largest absolute Gasteiger partial charge is 0.490 e. The zero-order chi connectivity index (χ0) is 35.0. The van der Waals surface area contributed by atoms with Gasteiger partial charge in [0.05, 0.1) is 25.6 Å². The van der Waals surface area contributed by atoms with Crippen LogP contribution in [0.5, 0.6) is 11.5 Å². The molecule has 0 amide bonds. The topological polar surface area (TPSA) is 62.7 Å². The summed E-state index contributed by atoms with van der Waals surface area (Å²) in [6.45, 7) is -2.54. The molecule has 2 rings (SSSR count). The predicted molar refractivity (Wildman–Crippen MR) is 130 cm³/mol. The fourth-order valence-corrected chi connectivity index (χ4v) is 3.25. The van der Waals surface area contributed by atoms with Gasteiger partial charge in [0.2, 0.25) is 0 Å². The van der Waals surface area contributed by atoms with Crippen molar-refractivity contribution in [1.29, 1.82) is 0 Å². The molecular weight excluding hydrogens is 670 g/mol. The summed E-state index contributed by atoms with van der Waals surface area (Å²) in [6.07, 6.45) is -17.0. The fourth-order valence-electron chi connectivity index (χ4n) is 3.25. The van der Waals surface area contributed by atoms with Crippen molar-refractivity contribution in [3.05, 3.63) is 36.7 Å². The molecule has 2 aromatic rings. The molecule has 0 aliphatic carbocycles. The van der Waals surface area contributed by atoms with Gasteiger partial charge in [0.1, 0.15) is 19.0 Å². The molecule has 46 heavy (non-hydrogen) atoms. The second kappa shape index (κ2) is 15.2. The molecule has 0 N–H and O–H groups in total. The number of benzene rings is 1. The lowest BCUT2D eigenvalue weighted by Gasteiger charge is -2.36. The van der Waals surface area contributed by atoms with Crippen molar-refractivity contribution >= 4 is 0 Å². The third-order valence-electron chi connectivity index (χ3n) is 5.82. The van der Waals surface area contributed by atoms with E-state index < -0.39 is 62.2 Å². The molecule has 1 aromatic heterocycles. The van der Waals surface area contributed by atoms with Crippen molar-refractivity contribution < 1.29 is 80.4 Å². The molecule has 1 atom stereocenters. The monoisotopic (exact) mass is 696 g/mol. The van der Waals surface area contributed by atoms with Crippen LogP contribution in [0.1, 0.15) is 32.6 Å². The maximum absolute atomic E-state index is 14.0. The summed E-state index contributed by atoms with van der Waals surface area (Å²) in [4.78, 5) is 8.31. The van der Waals surface area contributed by atoms with Crippen LogP contribution in [0.2, 0.25) is 0 Å². The van der Waals surface area contributed by atoms with Crippen LogP contribution < -0.4 is 9.47 Å². The Hall–Kier alpha value is -3.16. The lowest BCUT2D eigenvalue weighted by atomic mass is 10.1. The van der Waals surface area contributed by atoms with E-state index in [2.05, 4.69) is 21.6 Å². The maximum Gasteiger partial charge on any atom is 0.460 e. The van der Waals surface area contributed by atoms with Crippen LogP contribution in [-0.4, -0.2) is 78.7 Å². The highest BCUT2D eigenvalue weighted by Gasteiger charge is 2.84. The van der Waals surface area contributed by atoms with Crippen LogP contribution in [0.3, 0.4) is 0 Å². The minimum absolute atomic E-state index is 0.0162. The van der Waals surface area contributed by atoms with Gasteiger partial charge in [0, 0.05) is 5.56 Å². The Balaban J connectivity index is 1.86. The molecule has 6 nitrogen and oxygen atoms in total. The number of unbranched alkanes of at least 4 members (excludes halogenated alkanes) is 3. The minimum Gasteiger partial charge on any atom is -0.490 e. The van der Waals surface area contributed by atoms with Crippen molar-refractivity contribution in [2.75, 3.05) is 26.4 Å². The molecule has 0 bridgehead atoms. The Morgan fingerprint density at radius 1 is 0.674 bits per heavy atom. The minimum atomic E-state index is -7.75. The van der Waals surface area contributed by atoms with Gasteiger partial charge in [0.15, 0.2) is 17.7 Å². The van der Waals surface area contributed by atoms with Crippen molar-refractivity contribution in [3.8, 4) is 22.9 Å². The third-order valence-corrected chi connectivity index (χ3v) is 5.82. The highest BCUT2D eigenvalue weighted by atomic mass is 19.4. The lowest BCUT2D eigenvalue weighted by Crippen LogP contribution is -2.64. The average molecular weight is 696 g/mol. The van der Waals surface area contributed by atoms with Gasteiger partial charge in [-0.1, -0.05) is 26.2 Å². The molecule has 0 spiro atoms. The molecule has 262 valence electrons. The molecule has 0 aliphatic rings. The average Bonchev–Trinajstić information content (AvgIpc) is 2.95. The number of rotatable bonds is 19. The quantitative estimate of drug-likeness (QED) is 0.109. The summed E-state index contributed by atoms with van der Waals surface area (Å²) in [6, 6.07) is 5.59. The Morgan fingerprint density at radius 3 is 1.80 bits per heavy atom. The predicted octanol–water partition coefficient (Wildman–Crippen LogP) is 8.51. The molecule has 1 aromatic carbocycles. The second-order valence-corrected chi connectivity index (χ2v) is 9.59. The first-order valence-electron chi connectivity index (χ1n) is 13.1. The standard InChI is InChI=1S/C26H26F14N2O4/c1-2-3-4-5-10-44-19-11-41-20(42-12-19)16-6-8-18(9-7-16)45-14-17(27)13-43-15-21(28,29)25(37,38)46-26(39,40)23(32,33)22(30,31)24(34,35)36/h6-9,11-12,17H,2-5,10,13-15H2,1H3. The zero-order valence-electron chi connectivity index (χ0n) is 23.5. The van der Waals surface area contributed by atoms with Gasteiger partial charge < -0.3 is 14.2 Å². The third kappa shape index (κ3) is 9.68. The first kappa shape index (κ1) is 39.0. The highest BCUT2D eigenvalue weighted by Crippen LogP contribution is 2.55. The van der Waals surface area contributed by atoms with E-state index in [1.54, 1.807) is 0 Å². The van der Waals surface area contributed by atoms with Crippen molar-refractivity contribution in [1.82, 2.24) is 9.97 Å². The molecular formula is C26H26F14N2O4. The van der Waals surface area contributed by atoms with Gasteiger partial charge in [-0.25, -0.2) is 19.1 Å². The van der Waals surface area contributed by atoms with Crippen LogP contribution >= 0.6 is 0 Å². The van der Waals surface area contributed by atoms with E-state index in [0.29, 0.717) is 23.7 Å². The van der Waals surface area contributed by atoms with Crippen LogP contribution in [-0.2, 0) is 9.47 Å². The van der Waals surface area contributed by atoms with Gasteiger partial charge in [-0.05, 0) is 30.7 Å². The van der Waals surface area contributed by atoms with Crippen molar-refractivity contribution in [2.45, 2.75) is 74.9 Å². The summed E-state index contributed by atoms with van der Waals surface area (Å²) in [5.41, 5.74) is 0.498. The van der Waals surface area contributed by atoms with Crippen molar-refractivity contribution in [2.24, 2.45) is 0 Å². The summed E-state index contributed by atoms with van der Waals surface area (Å²) in [5, 5.41) is 0. The molecule has 1 heterocycles. The first-order valence-corrected chi connectivity index (χ1v) is 13.1. The number of aromatic nitrogens is 2. The van der Waals surface area contributed by atoms with Crippen LogP contribution in [0.15, 0.2) is 36.7 Å². The van der Waals surface area contributed by atoms with E-state index in [-0.39, 0.29) is 5.75 Å². The Bertz CT molecular complexity index is 1210. The fraction of sp³-hybridized carbons (Fsp3) is 0.615. The molecule has 20 heteroatoms. The molecule has 0 radical (unpaired) electrons. The van der Waals surface area contributed by atoms with E-state index in [9.17, 15) is 61.5 Å². The van der Waals surface area contributed by atoms with E-state index in [0.717, 1.165) is 25.7 Å². The van der Waals surface area contributed by atoms with Crippen LogP contribution in [0.4, 0.5) is 61.5 Å². The number of hydrogen-bond acceptors (Lipinski definition) is 6. The SMILES string of the molecule is CCCCCCOc1cnc(-c2ccc(OCC(F)COCC(F)(F)C(F)(F)OC(F)(F)C(F)(F)C(F)(F)C(F)(F)F)cc2)nc1. The number of nitrogens with zero attached hydrogens (tertiary/aromatic N) is 2. The summed E-state index contributed by atoms with van der Waals surface area (Å²) in [7, 11) is 0. The smallest absolute Gasteiger partial charge is 0.460 e. The lowest BCUT2D eigenvalue weighted by molar-refractivity contribution is -0.503. The molecule has 0 aliphatic heterocycles. The number of hydrogen-bond donors (Lipinski definition) is 0. The van der Waals surface area contributed by atoms with Gasteiger partial charge in [0.25, 0.3) is 0 Å². The van der Waals surface area contributed by atoms with Crippen molar-refractivity contribution in [3.63, 3.8) is 0 Å². The Labute approximate surface area is 252 Å². The Morgan fingerprint density at radius 2 is 1.26 bits per heavy atom. The highest BCUT2D eigenvalue weighted by molar-refractivity contribution is 5.56. The molecule has 1 unspecified atom stereocenters. The zero-order valence-corrected chi connectivity index (χ0v) is 23.5. The van der Waals surface area contributed by atoms with E-state index in [1.165, 1.54) is 36.7 Å². The summed E-state index contributed by atoms with van der Waals surface area (Å²) >= 11 is 0. The van der Waals surface area contributed by atoms with Crippen LogP contribution in [0, 0.1) is 0 Å². The number of halogens is 14. The van der Waals surface area contributed by atoms with Gasteiger partial charge in [-0.2, -0.15) is 57.1 Å². The summed E-state index contributed by atoms with van der Waals surface area (Å²) in [5.74, 6) is -20.7. The molecule has 0 saturated carbocycles. The van der Waals surface area contributed by atoms with Gasteiger partial charge in [-0.3, -0.25) is 0 Å².